The van der Waals surface area contributed by atoms with Crippen LogP contribution >= 0.6 is 15.9 Å². The first-order chi connectivity index (χ1) is 9.23. The van der Waals surface area contributed by atoms with Crippen molar-refractivity contribution in [1.82, 2.24) is 0 Å². The quantitative estimate of drug-likeness (QED) is 0.771. The Morgan fingerprint density at radius 1 is 1.21 bits per heavy atom. The van der Waals surface area contributed by atoms with Gasteiger partial charge in [0.2, 0.25) is 0 Å². The molecule has 3 rings (SSSR count). The zero-order valence-corrected chi connectivity index (χ0v) is 13.4. The highest BCUT2D eigenvalue weighted by atomic mass is 79.9. The third kappa shape index (κ3) is 2.56. The van der Waals surface area contributed by atoms with Crippen LogP contribution in [-0.2, 0) is 6.42 Å². The van der Waals surface area contributed by atoms with Crippen LogP contribution in [0.5, 0.6) is 0 Å². The Kier molecular flexibility index (Phi) is 3.88. The molecule has 1 aromatic carbocycles. The van der Waals surface area contributed by atoms with Gasteiger partial charge in [0, 0.05) is 16.2 Å². The standard InChI is InChI=1S/C17H24BrN/c1-2-13-12-14(18)6-7-15(13)19-16-8-11-17(16)9-4-3-5-10-17/h6-7,12,16,19H,2-5,8-11H2,1H3. The zero-order valence-electron chi connectivity index (χ0n) is 11.8. The lowest BCUT2D eigenvalue weighted by atomic mass is 9.57. The molecule has 0 aromatic heterocycles. The SMILES string of the molecule is CCc1cc(Br)ccc1NC1CCC12CCCCC2. The highest BCUT2D eigenvalue weighted by Gasteiger charge is 2.46. The van der Waals surface area contributed by atoms with Gasteiger partial charge in [0.05, 0.1) is 0 Å². The van der Waals surface area contributed by atoms with E-state index in [1.54, 1.807) is 0 Å². The molecule has 2 heteroatoms. The van der Waals surface area contributed by atoms with E-state index in [0.717, 1.165) is 12.5 Å². The van der Waals surface area contributed by atoms with Crippen LogP contribution in [0.1, 0.15) is 57.4 Å². The monoisotopic (exact) mass is 321 g/mol. The lowest BCUT2D eigenvalue weighted by Gasteiger charge is -2.53. The summed E-state index contributed by atoms with van der Waals surface area (Å²) in [5.41, 5.74) is 3.43. The summed E-state index contributed by atoms with van der Waals surface area (Å²) in [6, 6.07) is 7.39. The van der Waals surface area contributed by atoms with E-state index >= 15 is 0 Å². The third-order valence-electron chi connectivity index (χ3n) is 5.30. The van der Waals surface area contributed by atoms with Gasteiger partial charge in [-0.1, -0.05) is 42.1 Å². The van der Waals surface area contributed by atoms with Gasteiger partial charge in [-0.15, -0.1) is 0 Å². The molecule has 0 aliphatic heterocycles. The van der Waals surface area contributed by atoms with Gasteiger partial charge in [-0.05, 0) is 61.3 Å². The molecule has 0 bridgehead atoms. The number of hydrogen-bond acceptors (Lipinski definition) is 1. The Morgan fingerprint density at radius 3 is 2.63 bits per heavy atom. The highest BCUT2D eigenvalue weighted by Crippen LogP contribution is 2.52. The number of halogens is 1. The number of benzene rings is 1. The minimum absolute atomic E-state index is 0.635. The van der Waals surface area contributed by atoms with Crippen molar-refractivity contribution in [1.29, 1.82) is 0 Å². The van der Waals surface area contributed by atoms with Crippen molar-refractivity contribution in [2.24, 2.45) is 5.41 Å². The van der Waals surface area contributed by atoms with Crippen molar-refractivity contribution in [3.05, 3.63) is 28.2 Å². The zero-order chi connectivity index (χ0) is 13.3. The van der Waals surface area contributed by atoms with Crippen molar-refractivity contribution >= 4 is 21.6 Å². The molecule has 104 valence electrons. The second-order valence-electron chi connectivity index (χ2n) is 6.31. The highest BCUT2D eigenvalue weighted by molar-refractivity contribution is 9.10. The van der Waals surface area contributed by atoms with Crippen molar-refractivity contribution in [3.63, 3.8) is 0 Å². The van der Waals surface area contributed by atoms with Crippen molar-refractivity contribution < 1.29 is 0 Å². The molecule has 2 aliphatic carbocycles. The predicted octanol–water partition coefficient (Wildman–Crippen LogP) is 5.54. The first kappa shape index (κ1) is 13.5. The average molecular weight is 322 g/mol. The lowest BCUT2D eigenvalue weighted by molar-refractivity contribution is 0.0571. The summed E-state index contributed by atoms with van der Waals surface area (Å²) in [6.07, 6.45) is 11.1. The summed E-state index contributed by atoms with van der Waals surface area (Å²) in [4.78, 5) is 0. The van der Waals surface area contributed by atoms with Gasteiger partial charge >= 0.3 is 0 Å². The van der Waals surface area contributed by atoms with Crippen LogP contribution in [0.25, 0.3) is 0 Å². The van der Waals surface area contributed by atoms with Crippen molar-refractivity contribution in [3.8, 4) is 0 Å². The molecule has 1 N–H and O–H groups in total. The molecule has 2 fully saturated rings. The minimum Gasteiger partial charge on any atom is -0.382 e. The molecule has 1 spiro atoms. The molecule has 1 nitrogen and oxygen atoms in total. The Hall–Kier alpha value is -0.500. The summed E-state index contributed by atoms with van der Waals surface area (Å²) in [5.74, 6) is 0. The molecule has 1 unspecified atom stereocenters. The Balaban J connectivity index is 1.74. The second-order valence-corrected chi connectivity index (χ2v) is 7.23. The van der Waals surface area contributed by atoms with Gasteiger partial charge in [-0.25, -0.2) is 0 Å². The second kappa shape index (κ2) is 5.47. The van der Waals surface area contributed by atoms with Gasteiger partial charge in [-0.3, -0.25) is 0 Å². The van der Waals surface area contributed by atoms with Gasteiger partial charge in [-0.2, -0.15) is 0 Å². The van der Waals surface area contributed by atoms with Crippen molar-refractivity contribution in [2.45, 2.75) is 64.3 Å². The topological polar surface area (TPSA) is 12.0 Å². The molecule has 0 heterocycles. The predicted molar refractivity (Wildman–Crippen MR) is 85.7 cm³/mol. The van der Waals surface area contributed by atoms with E-state index in [9.17, 15) is 0 Å². The summed E-state index contributed by atoms with van der Waals surface area (Å²) in [6.45, 7) is 2.24. The molecule has 0 radical (unpaired) electrons. The van der Waals surface area contributed by atoms with E-state index in [-0.39, 0.29) is 0 Å². The number of aryl methyl sites for hydroxylation is 1. The van der Waals surface area contributed by atoms with Crippen LogP contribution in [-0.4, -0.2) is 6.04 Å². The molecule has 19 heavy (non-hydrogen) atoms. The molecular weight excluding hydrogens is 298 g/mol. The summed E-state index contributed by atoms with van der Waals surface area (Å²) >= 11 is 3.58. The summed E-state index contributed by atoms with van der Waals surface area (Å²) < 4.78 is 1.19. The minimum atomic E-state index is 0.635. The molecule has 1 aromatic rings. The maximum absolute atomic E-state index is 3.86. The smallest absolute Gasteiger partial charge is 0.0375 e. The van der Waals surface area contributed by atoms with Crippen LogP contribution in [0.4, 0.5) is 5.69 Å². The summed E-state index contributed by atoms with van der Waals surface area (Å²) in [7, 11) is 0. The maximum Gasteiger partial charge on any atom is 0.0375 e. The van der Waals surface area contributed by atoms with E-state index < -0.39 is 0 Å². The van der Waals surface area contributed by atoms with Crippen molar-refractivity contribution in [2.75, 3.05) is 5.32 Å². The van der Waals surface area contributed by atoms with E-state index in [2.05, 4.69) is 46.4 Å². The fraction of sp³-hybridized carbons (Fsp3) is 0.647. The summed E-state index contributed by atoms with van der Waals surface area (Å²) in [5, 5.41) is 3.86. The average Bonchev–Trinajstić information content (AvgIpc) is 2.45. The fourth-order valence-corrected chi connectivity index (χ4v) is 4.37. The number of hydrogen-bond donors (Lipinski definition) is 1. The van der Waals surface area contributed by atoms with Gasteiger partial charge in [0.25, 0.3) is 0 Å². The largest absolute Gasteiger partial charge is 0.382 e. The van der Waals surface area contributed by atoms with E-state index in [1.165, 1.54) is 60.7 Å². The van der Waals surface area contributed by atoms with E-state index in [0.29, 0.717) is 5.41 Å². The first-order valence-corrected chi connectivity index (χ1v) is 8.58. The van der Waals surface area contributed by atoms with Crippen LogP contribution in [0.3, 0.4) is 0 Å². The molecule has 1 atom stereocenters. The Bertz CT molecular complexity index is 449. The Labute approximate surface area is 125 Å². The first-order valence-electron chi connectivity index (χ1n) is 7.78. The number of anilines is 1. The molecular formula is C17H24BrN. The fourth-order valence-electron chi connectivity index (χ4n) is 3.96. The Morgan fingerprint density at radius 2 is 2.00 bits per heavy atom. The van der Waals surface area contributed by atoms with Gasteiger partial charge in [0.1, 0.15) is 0 Å². The lowest BCUT2D eigenvalue weighted by Crippen LogP contribution is -2.50. The number of nitrogens with one attached hydrogen (secondary N) is 1. The van der Waals surface area contributed by atoms with Crippen LogP contribution in [0, 0.1) is 5.41 Å². The van der Waals surface area contributed by atoms with E-state index in [4.69, 9.17) is 0 Å². The normalized spacial score (nSPS) is 25.1. The molecule has 2 saturated carbocycles. The molecule has 2 aliphatic rings. The van der Waals surface area contributed by atoms with Gasteiger partial charge < -0.3 is 5.32 Å². The maximum atomic E-state index is 3.86. The van der Waals surface area contributed by atoms with Crippen LogP contribution < -0.4 is 5.32 Å². The molecule has 0 amide bonds. The number of rotatable bonds is 3. The van der Waals surface area contributed by atoms with Crippen LogP contribution in [0.15, 0.2) is 22.7 Å². The van der Waals surface area contributed by atoms with E-state index in [1.807, 2.05) is 0 Å². The van der Waals surface area contributed by atoms with Crippen LogP contribution in [0.2, 0.25) is 0 Å². The molecule has 0 saturated heterocycles. The third-order valence-corrected chi connectivity index (χ3v) is 5.79. The van der Waals surface area contributed by atoms with Gasteiger partial charge in [0.15, 0.2) is 0 Å².